The number of nitrogens with one attached hydrogen (secondary N) is 2. The number of halogens is 1. The van der Waals surface area contributed by atoms with E-state index in [0.717, 1.165) is 17.7 Å². The maximum absolute atomic E-state index is 13.0. The molecule has 1 amide bonds. The molecule has 2 heterocycles. The van der Waals surface area contributed by atoms with Gasteiger partial charge in [0.05, 0.1) is 0 Å². The van der Waals surface area contributed by atoms with Crippen molar-refractivity contribution in [3.05, 3.63) is 78.4 Å². The molecule has 0 aliphatic carbocycles. The Morgan fingerprint density at radius 3 is 2.43 bits per heavy atom. The van der Waals surface area contributed by atoms with E-state index in [0.29, 0.717) is 24.0 Å². The number of thioether (sulfide) groups is 1. The Hall–Kier alpha value is -3.13. The number of nitrogens with zero attached hydrogens (tertiary/aromatic N) is 2. The third-order valence-corrected chi connectivity index (χ3v) is 5.93. The van der Waals surface area contributed by atoms with Gasteiger partial charge in [0.15, 0.2) is 0 Å². The molecule has 4 rings (SSSR count). The van der Waals surface area contributed by atoms with E-state index in [2.05, 4.69) is 20.6 Å². The summed E-state index contributed by atoms with van der Waals surface area (Å²) in [5, 5.41) is 6.00. The molecule has 2 aromatic carbocycles. The number of carbonyl (C=O) groups is 1. The molecule has 8 heteroatoms. The van der Waals surface area contributed by atoms with Crippen LogP contribution in [-0.4, -0.2) is 34.2 Å². The molecule has 6 nitrogen and oxygen atoms in total. The van der Waals surface area contributed by atoms with Gasteiger partial charge in [-0.2, -0.15) is 0 Å². The van der Waals surface area contributed by atoms with Crippen LogP contribution in [0.5, 0.6) is 11.5 Å². The highest BCUT2D eigenvalue weighted by atomic mass is 32.2. The van der Waals surface area contributed by atoms with Gasteiger partial charge in [0.1, 0.15) is 22.6 Å². The van der Waals surface area contributed by atoms with Gasteiger partial charge in [-0.1, -0.05) is 12.1 Å². The molecular formula is C22H21FN4O2S. The number of hydrogen-bond acceptors (Lipinski definition) is 6. The van der Waals surface area contributed by atoms with Crippen LogP contribution in [0.2, 0.25) is 0 Å². The minimum Gasteiger partial charge on any atom is -0.457 e. The number of carbonyl (C=O) groups excluding carboxylic acids is 1. The summed E-state index contributed by atoms with van der Waals surface area (Å²) in [6.07, 6.45) is 4.21. The van der Waals surface area contributed by atoms with Crippen molar-refractivity contribution >= 4 is 23.6 Å². The molecular weight excluding hydrogens is 403 g/mol. The number of benzene rings is 2. The first-order valence-corrected chi connectivity index (χ1v) is 10.7. The molecule has 0 spiro atoms. The van der Waals surface area contributed by atoms with Crippen molar-refractivity contribution in [3.63, 3.8) is 0 Å². The molecule has 1 saturated heterocycles. The second-order valence-corrected chi connectivity index (χ2v) is 8.04. The van der Waals surface area contributed by atoms with E-state index in [4.69, 9.17) is 4.74 Å². The molecule has 0 radical (unpaired) electrons. The van der Waals surface area contributed by atoms with Gasteiger partial charge >= 0.3 is 0 Å². The van der Waals surface area contributed by atoms with E-state index < -0.39 is 0 Å². The lowest BCUT2D eigenvalue weighted by Gasteiger charge is -2.18. The highest BCUT2D eigenvalue weighted by Gasteiger charge is 2.27. The highest BCUT2D eigenvalue weighted by Crippen LogP contribution is 2.33. The van der Waals surface area contributed by atoms with Crippen LogP contribution in [0.1, 0.15) is 17.2 Å². The van der Waals surface area contributed by atoms with E-state index in [-0.39, 0.29) is 23.0 Å². The Bertz CT molecular complexity index is 971. The fourth-order valence-corrected chi connectivity index (χ4v) is 4.33. The molecule has 1 aromatic heterocycles. The summed E-state index contributed by atoms with van der Waals surface area (Å²) in [6.45, 7) is 0.577. The Kier molecular flexibility index (Phi) is 6.44. The second-order valence-electron chi connectivity index (χ2n) is 6.82. The number of rotatable bonds is 6. The van der Waals surface area contributed by atoms with Crippen LogP contribution in [-0.2, 0) is 4.79 Å². The number of ether oxygens (including phenoxy) is 1. The summed E-state index contributed by atoms with van der Waals surface area (Å²) >= 11 is 1.63. The van der Waals surface area contributed by atoms with Crippen molar-refractivity contribution in [2.24, 2.45) is 0 Å². The minimum atomic E-state index is -0.307. The number of anilines is 1. The third kappa shape index (κ3) is 5.27. The van der Waals surface area contributed by atoms with Crippen LogP contribution in [0, 0.1) is 5.82 Å². The second kappa shape index (κ2) is 9.58. The van der Waals surface area contributed by atoms with Gasteiger partial charge < -0.3 is 15.4 Å². The first-order valence-electron chi connectivity index (χ1n) is 9.63. The normalized spacial score (nSPS) is 18.9. The molecule has 30 heavy (non-hydrogen) atoms. The monoisotopic (exact) mass is 424 g/mol. The fourth-order valence-electron chi connectivity index (χ4n) is 3.11. The van der Waals surface area contributed by atoms with Gasteiger partial charge in [-0.05, 0) is 60.2 Å². The van der Waals surface area contributed by atoms with Gasteiger partial charge in [0.25, 0.3) is 0 Å². The van der Waals surface area contributed by atoms with Crippen molar-refractivity contribution < 1.29 is 13.9 Å². The first kappa shape index (κ1) is 20.2. The summed E-state index contributed by atoms with van der Waals surface area (Å²) < 4.78 is 18.7. The third-order valence-electron chi connectivity index (χ3n) is 4.64. The highest BCUT2D eigenvalue weighted by molar-refractivity contribution is 8.00. The predicted octanol–water partition coefficient (Wildman–Crippen LogP) is 4.18. The molecule has 3 aromatic rings. The molecule has 0 bridgehead atoms. The molecule has 1 aliphatic heterocycles. The number of amides is 1. The zero-order chi connectivity index (χ0) is 20.8. The zero-order valence-corrected chi connectivity index (χ0v) is 16.9. The first-order chi connectivity index (χ1) is 14.7. The Morgan fingerprint density at radius 1 is 1.07 bits per heavy atom. The minimum absolute atomic E-state index is 0.00881. The van der Waals surface area contributed by atoms with Crippen molar-refractivity contribution in [1.82, 2.24) is 15.3 Å². The molecule has 0 unspecified atom stereocenters. The standard InChI is InChI=1S/C22H21FN4O2S/c23-16-4-8-19(9-5-16)29-18-6-2-15(3-7-18)20-21(28)27-17(10-13-30-20)14-26-22-24-11-1-12-25-22/h1-9,11-12,17,20H,10,13-14H2,(H,27,28)(H,24,25,26)/t17-,20+/m0/s1. The Labute approximate surface area is 178 Å². The summed E-state index contributed by atoms with van der Waals surface area (Å²) in [4.78, 5) is 21.1. The number of hydrogen-bond donors (Lipinski definition) is 2. The molecule has 0 saturated carbocycles. The lowest BCUT2D eigenvalue weighted by atomic mass is 10.1. The molecule has 2 N–H and O–H groups in total. The summed E-state index contributed by atoms with van der Waals surface area (Å²) in [5.74, 6) is 2.29. The fraction of sp³-hybridized carbons (Fsp3) is 0.227. The average molecular weight is 425 g/mol. The van der Waals surface area contributed by atoms with Crippen molar-refractivity contribution in [3.8, 4) is 11.5 Å². The maximum Gasteiger partial charge on any atom is 0.237 e. The molecule has 1 fully saturated rings. The predicted molar refractivity (Wildman–Crippen MR) is 115 cm³/mol. The summed E-state index contributed by atoms with van der Waals surface area (Å²) in [6, 6.07) is 15.1. The zero-order valence-electron chi connectivity index (χ0n) is 16.1. The summed E-state index contributed by atoms with van der Waals surface area (Å²) in [7, 11) is 0. The summed E-state index contributed by atoms with van der Waals surface area (Å²) in [5.41, 5.74) is 0.920. The van der Waals surface area contributed by atoms with Crippen LogP contribution in [0.3, 0.4) is 0 Å². The van der Waals surface area contributed by atoms with Crippen LogP contribution in [0.4, 0.5) is 10.3 Å². The topological polar surface area (TPSA) is 76.1 Å². The Morgan fingerprint density at radius 2 is 1.73 bits per heavy atom. The lowest BCUT2D eigenvalue weighted by molar-refractivity contribution is -0.121. The smallest absolute Gasteiger partial charge is 0.237 e. The van der Waals surface area contributed by atoms with Crippen molar-refractivity contribution in [2.75, 3.05) is 17.6 Å². The lowest BCUT2D eigenvalue weighted by Crippen LogP contribution is -2.40. The average Bonchev–Trinajstić information content (AvgIpc) is 2.96. The van der Waals surface area contributed by atoms with Crippen molar-refractivity contribution in [2.45, 2.75) is 17.7 Å². The van der Waals surface area contributed by atoms with E-state index >= 15 is 0 Å². The maximum atomic E-state index is 13.0. The van der Waals surface area contributed by atoms with Gasteiger partial charge in [-0.15, -0.1) is 11.8 Å². The number of aromatic nitrogens is 2. The van der Waals surface area contributed by atoms with E-state index in [1.807, 2.05) is 24.3 Å². The van der Waals surface area contributed by atoms with Crippen LogP contribution in [0.15, 0.2) is 67.0 Å². The molecule has 154 valence electrons. The van der Waals surface area contributed by atoms with Crippen LogP contribution in [0.25, 0.3) is 0 Å². The van der Waals surface area contributed by atoms with Gasteiger partial charge in [-0.25, -0.2) is 14.4 Å². The SMILES string of the molecule is O=C1N[C@H](CNc2ncccn2)CCS[C@@H]1c1ccc(Oc2ccc(F)cc2)cc1. The van der Waals surface area contributed by atoms with E-state index in [1.165, 1.54) is 12.1 Å². The van der Waals surface area contributed by atoms with Gasteiger partial charge in [-0.3, -0.25) is 4.79 Å². The quantitative estimate of drug-likeness (QED) is 0.618. The largest absolute Gasteiger partial charge is 0.457 e. The van der Waals surface area contributed by atoms with Gasteiger partial charge in [0, 0.05) is 25.0 Å². The molecule has 1 aliphatic rings. The Balaban J connectivity index is 1.35. The van der Waals surface area contributed by atoms with Crippen molar-refractivity contribution in [1.29, 1.82) is 0 Å². The van der Waals surface area contributed by atoms with E-state index in [9.17, 15) is 9.18 Å². The van der Waals surface area contributed by atoms with Gasteiger partial charge in [0.2, 0.25) is 11.9 Å². The van der Waals surface area contributed by atoms with Crippen LogP contribution < -0.4 is 15.4 Å². The van der Waals surface area contributed by atoms with Crippen LogP contribution >= 0.6 is 11.8 Å². The van der Waals surface area contributed by atoms with E-state index in [1.54, 1.807) is 42.4 Å². The molecule has 2 atom stereocenters.